The average molecular weight is 467 g/mol. The van der Waals surface area contributed by atoms with Gasteiger partial charge in [-0.05, 0) is 59.6 Å². The molecule has 2 aromatic rings. The van der Waals surface area contributed by atoms with E-state index in [0.717, 1.165) is 22.3 Å². The Bertz CT molecular complexity index is 837. The zero-order valence-corrected chi connectivity index (χ0v) is 20.9. The smallest absolute Gasteiger partial charge is 0.407 e. The number of nitrogens with one attached hydrogen (secondary N) is 1. The summed E-state index contributed by atoms with van der Waals surface area (Å²) < 4.78 is 5.16. The van der Waals surface area contributed by atoms with Gasteiger partial charge in [0, 0.05) is 6.04 Å². The van der Waals surface area contributed by atoms with Gasteiger partial charge in [-0.1, -0.05) is 59.7 Å². The number of nitrogens with two attached hydrogens (primary N) is 1. The van der Waals surface area contributed by atoms with Gasteiger partial charge in [-0.3, -0.25) is 0 Å². The summed E-state index contributed by atoms with van der Waals surface area (Å²) in [4.78, 5) is 11.6. The fourth-order valence-electron chi connectivity index (χ4n) is 2.87. The number of alkyl carbamates (subject to hydrolysis) is 1. The highest BCUT2D eigenvalue weighted by Gasteiger charge is 2.22. The number of carbonyl (C=O) groups excluding carboxylic acids is 1. The summed E-state index contributed by atoms with van der Waals surface area (Å²) in [6, 6.07) is 14.7. The molecule has 0 unspecified atom stereocenters. The molecule has 0 aliphatic carbocycles. The summed E-state index contributed by atoms with van der Waals surface area (Å²) in [6.07, 6.45) is -1.83. The minimum atomic E-state index is -0.757. The molecule has 0 heterocycles. The van der Waals surface area contributed by atoms with E-state index >= 15 is 0 Å². The standard InChI is InChI=1S/C15H23NO3.C10H15NO.ClH/c1-10-7-6-8-12(9-10)13(17)11(2)16-14(18)19-15(3,4)5;1-7-4-3-5-9(6-7)10(12)8(2)11;/h6-9,11,13,17H,1-5H3,(H,16,18);3-6,8,10,12H,11H2,1-2H3;1H/t11-,13-;8-,10-;/m00./s1. The number of rotatable bonds is 5. The topological polar surface area (TPSA) is 105 Å². The predicted molar refractivity (Wildman–Crippen MR) is 132 cm³/mol. The number of aliphatic hydroxyl groups is 2. The van der Waals surface area contributed by atoms with Crippen LogP contribution in [0.1, 0.15) is 69.1 Å². The molecule has 0 bridgehead atoms. The predicted octanol–water partition coefficient (Wildman–Crippen LogP) is 4.74. The molecule has 2 rings (SSSR count). The van der Waals surface area contributed by atoms with E-state index < -0.39 is 29.9 Å². The number of ether oxygens (including phenoxy) is 1. The summed E-state index contributed by atoms with van der Waals surface area (Å²) in [5, 5.41) is 22.4. The molecule has 0 spiro atoms. The molecule has 0 radical (unpaired) electrons. The first-order valence-electron chi connectivity index (χ1n) is 10.5. The monoisotopic (exact) mass is 466 g/mol. The van der Waals surface area contributed by atoms with Crippen molar-refractivity contribution in [3.05, 3.63) is 70.8 Å². The van der Waals surface area contributed by atoms with Gasteiger partial charge in [-0.25, -0.2) is 4.79 Å². The summed E-state index contributed by atoms with van der Waals surface area (Å²) in [6.45, 7) is 12.9. The Labute approximate surface area is 198 Å². The van der Waals surface area contributed by atoms with Gasteiger partial charge < -0.3 is 26.0 Å². The largest absolute Gasteiger partial charge is 0.444 e. The van der Waals surface area contributed by atoms with Crippen molar-refractivity contribution in [2.24, 2.45) is 5.73 Å². The van der Waals surface area contributed by atoms with Crippen LogP contribution in [-0.4, -0.2) is 34.0 Å². The van der Waals surface area contributed by atoms with E-state index in [4.69, 9.17) is 10.5 Å². The minimum absolute atomic E-state index is 0. The first kappa shape index (κ1) is 29.9. The first-order valence-corrected chi connectivity index (χ1v) is 10.5. The van der Waals surface area contributed by atoms with Crippen molar-refractivity contribution < 1.29 is 19.7 Å². The maximum absolute atomic E-state index is 11.6. The summed E-state index contributed by atoms with van der Waals surface area (Å²) in [5.41, 5.74) is 8.91. The number of carbonyl (C=O) groups is 1. The molecule has 1 amide bonds. The molecule has 6 nitrogen and oxygen atoms in total. The number of hydrogen-bond acceptors (Lipinski definition) is 5. The van der Waals surface area contributed by atoms with Gasteiger partial charge in [-0.15, -0.1) is 12.4 Å². The Morgan fingerprint density at radius 2 is 1.38 bits per heavy atom. The highest BCUT2D eigenvalue weighted by atomic mass is 35.5. The maximum Gasteiger partial charge on any atom is 0.407 e. The van der Waals surface area contributed by atoms with Crippen LogP contribution in [0.15, 0.2) is 48.5 Å². The fourth-order valence-corrected chi connectivity index (χ4v) is 2.87. The number of benzene rings is 2. The number of hydrogen-bond donors (Lipinski definition) is 4. The molecular formula is C25H39ClN2O4. The summed E-state index contributed by atoms with van der Waals surface area (Å²) >= 11 is 0. The van der Waals surface area contributed by atoms with Crippen LogP contribution in [0.2, 0.25) is 0 Å². The molecule has 180 valence electrons. The van der Waals surface area contributed by atoms with E-state index in [9.17, 15) is 15.0 Å². The molecule has 0 aromatic heterocycles. The number of amides is 1. The summed E-state index contributed by atoms with van der Waals surface area (Å²) in [5.74, 6) is 0. The Kier molecular flexibility index (Phi) is 12.5. The van der Waals surface area contributed by atoms with E-state index in [2.05, 4.69) is 5.32 Å². The fraction of sp³-hybridized carbons (Fsp3) is 0.480. The first-order chi connectivity index (χ1) is 14.3. The third kappa shape index (κ3) is 11.0. The minimum Gasteiger partial charge on any atom is -0.444 e. The van der Waals surface area contributed by atoms with Crippen molar-refractivity contribution >= 4 is 18.5 Å². The van der Waals surface area contributed by atoms with Crippen molar-refractivity contribution in [1.29, 1.82) is 0 Å². The van der Waals surface area contributed by atoms with Crippen LogP contribution in [-0.2, 0) is 4.74 Å². The Balaban J connectivity index is 0.000000639. The van der Waals surface area contributed by atoms with Crippen molar-refractivity contribution in [2.45, 2.75) is 78.4 Å². The second-order valence-corrected chi connectivity index (χ2v) is 9.01. The average Bonchev–Trinajstić information content (AvgIpc) is 2.65. The van der Waals surface area contributed by atoms with Crippen molar-refractivity contribution in [1.82, 2.24) is 5.32 Å². The third-order valence-corrected chi connectivity index (χ3v) is 4.48. The molecule has 0 aliphatic heterocycles. The lowest BCUT2D eigenvalue weighted by atomic mass is 10.0. The van der Waals surface area contributed by atoms with Gasteiger partial charge in [0.05, 0.1) is 18.2 Å². The number of aryl methyl sites for hydroxylation is 2. The van der Waals surface area contributed by atoms with Gasteiger partial charge in [0.1, 0.15) is 5.60 Å². The van der Waals surface area contributed by atoms with Crippen molar-refractivity contribution in [2.75, 3.05) is 0 Å². The van der Waals surface area contributed by atoms with Crippen LogP contribution in [0.3, 0.4) is 0 Å². The molecule has 7 heteroatoms. The van der Waals surface area contributed by atoms with Gasteiger partial charge in [0.15, 0.2) is 0 Å². The van der Waals surface area contributed by atoms with Crippen LogP contribution in [0.25, 0.3) is 0 Å². The van der Waals surface area contributed by atoms with E-state index in [-0.39, 0.29) is 18.4 Å². The molecule has 5 N–H and O–H groups in total. The highest BCUT2D eigenvalue weighted by molar-refractivity contribution is 5.85. The molecule has 0 fully saturated rings. The van der Waals surface area contributed by atoms with Gasteiger partial charge in [0.25, 0.3) is 0 Å². The Hall–Kier alpha value is -2.12. The van der Waals surface area contributed by atoms with E-state index in [1.54, 1.807) is 34.6 Å². The molecule has 0 saturated heterocycles. The molecule has 0 saturated carbocycles. The van der Waals surface area contributed by atoms with Crippen LogP contribution >= 0.6 is 12.4 Å². The van der Waals surface area contributed by atoms with E-state index in [0.29, 0.717) is 0 Å². The van der Waals surface area contributed by atoms with Crippen LogP contribution < -0.4 is 11.1 Å². The maximum atomic E-state index is 11.6. The second kappa shape index (κ2) is 13.4. The van der Waals surface area contributed by atoms with Crippen LogP contribution in [0, 0.1) is 13.8 Å². The molecular weight excluding hydrogens is 428 g/mol. The molecule has 0 aliphatic rings. The number of aliphatic hydroxyl groups excluding tert-OH is 2. The third-order valence-electron chi connectivity index (χ3n) is 4.48. The zero-order valence-electron chi connectivity index (χ0n) is 20.1. The molecule has 4 atom stereocenters. The Morgan fingerprint density at radius 3 is 1.75 bits per heavy atom. The lowest BCUT2D eigenvalue weighted by Crippen LogP contribution is -2.40. The van der Waals surface area contributed by atoms with E-state index in [1.165, 1.54) is 0 Å². The lowest BCUT2D eigenvalue weighted by Gasteiger charge is -2.24. The SMILES string of the molecule is Cc1cccc([C@@H](O)[C@H](C)N)c1.Cc1cccc([C@@H](O)[C@H](C)NC(=O)OC(C)(C)C)c1.Cl. The van der Waals surface area contributed by atoms with Crippen LogP contribution in [0.4, 0.5) is 4.79 Å². The zero-order chi connectivity index (χ0) is 23.8. The Morgan fingerprint density at radius 1 is 0.938 bits per heavy atom. The lowest BCUT2D eigenvalue weighted by molar-refractivity contribution is 0.0436. The summed E-state index contributed by atoms with van der Waals surface area (Å²) in [7, 11) is 0. The van der Waals surface area contributed by atoms with Crippen molar-refractivity contribution in [3.8, 4) is 0 Å². The van der Waals surface area contributed by atoms with E-state index in [1.807, 2.05) is 62.4 Å². The normalized spacial score (nSPS) is 14.6. The van der Waals surface area contributed by atoms with Gasteiger partial charge >= 0.3 is 6.09 Å². The quantitative estimate of drug-likeness (QED) is 0.509. The van der Waals surface area contributed by atoms with Gasteiger partial charge in [-0.2, -0.15) is 0 Å². The highest BCUT2D eigenvalue weighted by Crippen LogP contribution is 2.18. The van der Waals surface area contributed by atoms with Crippen LogP contribution in [0.5, 0.6) is 0 Å². The van der Waals surface area contributed by atoms with Crippen molar-refractivity contribution in [3.63, 3.8) is 0 Å². The second-order valence-electron chi connectivity index (χ2n) is 9.01. The number of halogens is 1. The molecule has 32 heavy (non-hydrogen) atoms. The van der Waals surface area contributed by atoms with Gasteiger partial charge in [0.2, 0.25) is 0 Å². The molecule has 2 aromatic carbocycles.